The minimum absolute atomic E-state index is 0.730. The normalized spacial score (nSPS) is 19.2. The molecule has 0 N–H and O–H groups in total. The molecular formula is C11H17NO. The van der Waals surface area contributed by atoms with Gasteiger partial charge < -0.3 is 9.30 Å². The average molecular weight is 179 g/mol. The van der Waals surface area contributed by atoms with Crippen molar-refractivity contribution in [2.45, 2.75) is 25.7 Å². The second-order valence-electron chi connectivity index (χ2n) is 3.91. The SMILES string of the molecule is Cc1cc(C2CCOCC2)cn1C. The van der Waals surface area contributed by atoms with Gasteiger partial charge in [-0.05, 0) is 37.3 Å². The van der Waals surface area contributed by atoms with Crippen molar-refractivity contribution in [3.63, 3.8) is 0 Å². The van der Waals surface area contributed by atoms with Crippen LogP contribution in [0.15, 0.2) is 12.3 Å². The predicted octanol–water partition coefficient (Wildman–Crippen LogP) is 2.23. The molecule has 0 bridgehead atoms. The van der Waals surface area contributed by atoms with Gasteiger partial charge in [0.15, 0.2) is 0 Å². The van der Waals surface area contributed by atoms with E-state index in [1.54, 1.807) is 0 Å². The quantitative estimate of drug-likeness (QED) is 0.645. The maximum Gasteiger partial charge on any atom is 0.0471 e. The Morgan fingerprint density at radius 2 is 2.08 bits per heavy atom. The summed E-state index contributed by atoms with van der Waals surface area (Å²) < 4.78 is 7.55. The second-order valence-corrected chi connectivity index (χ2v) is 3.91. The molecule has 0 unspecified atom stereocenters. The number of rotatable bonds is 1. The molecule has 2 heterocycles. The smallest absolute Gasteiger partial charge is 0.0471 e. The Labute approximate surface area is 79.5 Å². The van der Waals surface area contributed by atoms with Gasteiger partial charge in [-0.15, -0.1) is 0 Å². The zero-order valence-corrected chi connectivity index (χ0v) is 8.42. The highest BCUT2D eigenvalue weighted by atomic mass is 16.5. The maximum atomic E-state index is 5.35. The standard InChI is InChI=1S/C11H17NO/c1-9-7-11(8-12(9)2)10-3-5-13-6-4-10/h7-8,10H,3-6H2,1-2H3. The lowest BCUT2D eigenvalue weighted by Gasteiger charge is -2.20. The number of aryl methyl sites for hydroxylation is 2. The van der Waals surface area contributed by atoms with Gasteiger partial charge in [-0.3, -0.25) is 0 Å². The van der Waals surface area contributed by atoms with Gasteiger partial charge in [0.1, 0.15) is 0 Å². The fourth-order valence-electron chi connectivity index (χ4n) is 1.96. The molecule has 1 aromatic heterocycles. The minimum Gasteiger partial charge on any atom is -0.381 e. The molecule has 0 atom stereocenters. The topological polar surface area (TPSA) is 14.2 Å². The van der Waals surface area contributed by atoms with E-state index in [-0.39, 0.29) is 0 Å². The molecule has 0 aromatic carbocycles. The summed E-state index contributed by atoms with van der Waals surface area (Å²) in [5, 5.41) is 0. The number of hydrogen-bond acceptors (Lipinski definition) is 1. The van der Waals surface area contributed by atoms with Gasteiger partial charge in [0.2, 0.25) is 0 Å². The van der Waals surface area contributed by atoms with Crippen LogP contribution in [-0.2, 0) is 11.8 Å². The van der Waals surface area contributed by atoms with Crippen molar-refractivity contribution in [2.75, 3.05) is 13.2 Å². The van der Waals surface area contributed by atoms with Crippen molar-refractivity contribution in [1.82, 2.24) is 4.57 Å². The summed E-state index contributed by atoms with van der Waals surface area (Å²) in [6.07, 6.45) is 4.62. The van der Waals surface area contributed by atoms with Crippen molar-refractivity contribution >= 4 is 0 Å². The first-order valence-electron chi connectivity index (χ1n) is 4.98. The Kier molecular flexibility index (Phi) is 2.40. The fourth-order valence-corrected chi connectivity index (χ4v) is 1.96. The summed E-state index contributed by atoms with van der Waals surface area (Å²) in [4.78, 5) is 0. The van der Waals surface area contributed by atoms with Crippen LogP contribution in [0.3, 0.4) is 0 Å². The highest BCUT2D eigenvalue weighted by Gasteiger charge is 2.16. The van der Waals surface area contributed by atoms with Crippen LogP contribution in [-0.4, -0.2) is 17.8 Å². The third kappa shape index (κ3) is 1.78. The molecule has 2 heteroatoms. The lowest BCUT2D eigenvalue weighted by molar-refractivity contribution is 0.0853. The molecule has 0 spiro atoms. The van der Waals surface area contributed by atoms with Crippen LogP contribution in [0.1, 0.15) is 30.0 Å². The van der Waals surface area contributed by atoms with Gasteiger partial charge in [0, 0.05) is 32.2 Å². The molecular weight excluding hydrogens is 162 g/mol. The highest BCUT2D eigenvalue weighted by Crippen LogP contribution is 2.27. The first-order valence-corrected chi connectivity index (χ1v) is 4.98. The predicted molar refractivity (Wildman–Crippen MR) is 52.9 cm³/mol. The van der Waals surface area contributed by atoms with E-state index in [9.17, 15) is 0 Å². The molecule has 1 fully saturated rings. The van der Waals surface area contributed by atoms with Gasteiger partial charge >= 0.3 is 0 Å². The largest absolute Gasteiger partial charge is 0.381 e. The first kappa shape index (κ1) is 8.82. The summed E-state index contributed by atoms with van der Waals surface area (Å²) >= 11 is 0. The van der Waals surface area contributed by atoms with E-state index in [2.05, 4.69) is 30.8 Å². The molecule has 2 nitrogen and oxygen atoms in total. The molecule has 1 aliphatic heterocycles. The molecule has 1 aliphatic rings. The number of hydrogen-bond donors (Lipinski definition) is 0. The molecule has 72 valence electrons. The number of nitrogens with zero attached hydrogens (tertiary/aromatic N) is 1. The van der Waals surface area contributed by atoms with Crippen LogP contribution < -0.4 is 0 Å². The molecule has 1 saturated heterocycles. The van der Waals surface area contributed by atoms with Gasteiger partial charge in [-0.1, -0.05) is 0 Å². The Hall–Kier alpha value is -0.760. The van der Waals surface area contributed by atoms with E-state index in [1.807, 2.05) is 0 Å². The third-order valence-corrected chi connectivity index (χ3v) is 2.97. The van der Waals surface area contributed by atoms with E-state index >= 15 is 0 Å². The Morgan fingerprint density at radius 3 is 2.62 bits per heavy atom. The van der Waals surface area contributed by atoms with Crippen molar-refractivity contribution in [3.05, 3.63) is 23.5 Å². The van der Waals surface area contributed by atoms with Crippen LogP contribution in [0, 0.1) is 6.92 Å². The number of ether oxygens (including phenoxy) is 1. The van der Waals surface area contributed by atoms with Crippen LogP contribution in [0.2, 0.25) is 0 Å². The maximum absolute atomic E-state index is 5.35. The van der Waals surface area contributed by atoms with Crippen LogP contribution in [0.5, 0.6) is 0 Å². The summed E-state index contributed by atoms with van der Waals surface area (Å²) in [7, 11) is 2.11. The Bertz CT molecular complexity index is 265. The van der Waals surface area contributed by atoms with E-state index in [1.165, 1.54) is 24.1 Å². The van der Waals surface area contributed by atoms with Gasteiger partial charge in [-0.25, -0.2) is 0 Å². The minimum atomic E-state index is 0.730. The molecule has 0 aliphatic carbocycles. The molecule has 1 aromatic rings. The van der Waals surface area contributed by atoms with Gasteiger partial charge in [0.05, 0.1) is 0 Å². The van der Waals surface area contributed by atoms with Crippen molar-refractivity contribution in [1.29, 1.82) is 0 Å². The zero-order valence-electron chi connectivity index (χ0n) is 8.42. The van der Waals surface area contributed by atoms with E-state index in [4.69, 9.17) is 4.74 Å². The van der Waals surface area contributed by atoms with E-state index in [0.29, 0.717) is 0 Å². The number of aromatic nitrogens is 1. The monoisotopic (exact) mass is 179 g/mol. The van der Waals surface area contributed by atoms with E-state index in [0.717, 1.165) is 19.1 Å². The average Bonchev–Trinajstić information content (AvgIpc) is 2.49. The summed E-state index contributed by atoms with van der Waals surface area (Å²) in [6.45, 7) is 4.01. The highest BCUT2D eigenvalue weighted by molar-refractivity contribution is 5.21. The summed E-state index contributed by atoms with van der Waals surface area (Å²) in [6, 6.07) is 2.30. The molecule has 0 saturated carbocycles. The first-order chi connectivity index (χ1) is 6.27. The molecule has 0 radical (unpaired) electrons. The second kappa shape index (κ2) is 3.54. The fraction of sp³-hybridized carbons (Fsp3) is 0.636. The Morgan fingerprint density at radius 1 is 1.38 bits per heavy atom. The van der Waals surface area contributed by atoms with Crippen LogP contribution in [0.4, 0.5) is 0 Å². The van der Waals surface area contributed by atoms with Crippen molar-refractivity contribution in [2.24, 2.45) is 7.05 Å². The molecule has 0 amide bonds. The summed E-state index contributed by atoms with van der Waals surface area (Å²) in [5.74, 6) is 0.730. The summed E-state index contributed by atoms with van der Waals surface area (Å²) in [5.41, 5.74) is 2.84. The zero-order chi connectivity index (χ0) is 9.26. The third-order valence-electron chi connectivity index (χ3n) is 2.97. The van der Waals surface area contributed by atoms with Crippen LogP contribution in [0.25, 0.3) is 0 Å². The van der Waals surface area contributed by atoms with Gasteiger partial charge in [-0.2, -0.15) is 0 Å². The van der Waals surface area contributed by atoms with Gasteiger partial charge in [0.25, 0.3) is 0 Å². The lowest BCUT2D eigenvalue weighted by atomic mass is 9.94. The van der Waals surface area contributed by atoms with E-state index < -0.39 is 0 Å². The lowest BCUT2D eigenvalue weighted by Crippen LogP contribution is -2.13. The van der Waals surface area contributed by atoms with Crippen LogP contribution >= 0.6 is 0 Å². The van der Waals surface area contributed by atoms with Crippen molar-refractivity contribution < 1.29 is 4.74 Å². The van der Waals surface area contributed by atoms with Crippen molar-refractivity contribution in [3.8, 4) is 0 Å². The Balaban J connectivity index is 2.14. The molecule has 13 heavy (non-hydrogen) atoms. The molecule has 2 rings (SSSR count).